The predicted molar refractivity (Wildman–Crippen MR) is 60.9 cm³/mol. The molecule has 0 atom stereocenters. The Labute approximate surface area is 96.8 Å². The zero-order chi connectivity index (χ0) is 11.8. The van der Waals surface area contributed by atoms with Gasteiger partial charge >= 0.3 is 0 Å². The van der Waals surface area contributed by atoms with Crippen molar-refractivity contribution < 1.29 is 4.39 Å². The van der Waals surface area contributed by atoms with Crippen molar-refractivity contribution in [1.82, 2.24) is 19.6 Å². The Balaban J connectivity index is 2.22. The Bertz CT molecular complexity index is 690. The van der Waals surface area contributed by atoms with Gasteiger partial charge in [-0.1, -0.05) is 0 Å². The van der Waals surface area contributed by atoms with Crippen molar-refractivity contribution >= 4 is 5.65 Å². The first-order chi connectivity index (χ1) is 8.24. The standard InChI is InChI=1S/C12H9FN4/c1-8-2-4-14-7-10(8)12-15-11-6-9(13)3-5-17(11)16-12/h2-7H,1H3. The van der Waals surface area contributed by atoms with Crippen molar-refractivity contribution in [2.24, 2.45) is 0 Å². The van der Waals surface area contributed by atoms with Crippen molar-refractivity contribution in [2.75, 3.05) is 0 Å². The third kappa shape index (κ3) is 1.65. The van der Waals surface area contributed by atoms with E-state index < -0.39 is 0 Å². The zero-order valence-electron chi connectivity index (χ0n) is 9.13. The molecule has 0 aliphatic heterocycles. The lowest BCUT2D eigenvalue weighted by molar-refractivity contribution is 0.625. The molecular weight excluding hydrogens is 219 g/mol. The average Bonchev–Trinajstić information content (AvgIpc) is 2.72. The van der Waals surface area contributed by atoms with Gasteiger partial charge in [-0.25, -0.2) is 13.9 Å². The normalized spacial score (nSPS) is 10.9. The number of rotatable bonds is 1. The Kier molecular flexibility index (Phi) is 2.11. The monoisotopic (exact) mass is 228 g/mol. The molecule has 0 amide bonds. The van der Waals surface area contributed by atoms with Crippen LogP contribution in [0.1, 0.15) is 5.56 Å². The summed E-state index contributed by atoms with van der Waals surface area (Å²) in [5.41, 5.74) is 2.39. The van der Waals surface area contributed by atoms with Crippen molar-refractivity contribution in [3.8, 4) is 11.4 Å². The summed E-state index contributed by atoms with van der Waals surface area (Å²) in [6, 6.07) is 4.59. The number of fused-ring (bicyclic) bond motifs is 1. The Morgan fingerprint density at radius 2 is 2.18 bits per heavy atom. The van der Waals surface area contributed by atoms with Crippen molar-refractivity contribution in [1.29, 1.82) is 0 Å². The molecule has 17 heavy (non-hydrogen) atoms. The summed E-state index contributed by atoms with van der Waals surface area (Å²) in [5, 5.41) is 4.28. The Morgan fingerprint density at radius 1 is 1.29 bits per heavy atom. The smallest absolute Gasteiger partial charge is 0.183 e. The van der Waals surface area contributed by atoms with Gasteiger partial charge in [-0.05, 0) is 24.6 Å². The van der Waals surface area contributed by atoms with Crippen molar-refractivity contribution in [3.63, 3.8) is 0 Å². The molecule has 0 aliphatic carbocycles. The highest BCUT2D eigenvalue weighted by molar-refractivity contribution is 5.60. The van der Waals surface area contributed by atoms with Crippen LogP contribution in [0.25, 0.3) is 17.0 Å². The minimum atomic E-state index is -0.320. The summed E-state index contributed by atoms with van der Waals surface area (Å²) in [7, 11) is 0. The van der Waals surface area contributed by atoms with Crippen LogP contribution in [0, 0.1) is 12.7 Å². The van der Waals surface area contributed by atoms with E-state index in [0.29, 0.717) is 11.5 Å². The number of aromatic nitrogens is 4. The lowest BCUT2D eigenvalue weighted by Crippen LogP contribution is -1.88. The molecule has 3 aromatic rings. The minimum absolute atomic E-state index is 0.320. The first-order valence-corrected chi connectivity index (χ1v) is 5.17. The van der Waals surface area contributed by atoms with Gasteiger partial charge in [0, 0.05) is 30.2 Å². The molecule has 0 fully saturated rings. The first kappa shape index (κ1) is 9.89. The molecule has 0 spiro atoms. The van der Waals surface area contributed by atoms with Crippen LogP contribution in [-0.4, -0.2) is 19.6 Å². The van der Waals surface area contributed by atoms with Crippen LogP contribution in [0.2, 0.25) is 0 Å². The van der Waals surface area contributed by atoms with Crippen LogP contribution < -0.4 is 0 Å². The highest BCUT2D eigenvalue weighted by Crippen LogP contribution is 2.19. The van der Waals surface area contributed by atoms with Gasteiger partial charge < -0.3 is 0 Å². The topological polar surface area (TPSA) is 43.1 Å². The number of aryl methyl sites for hydroxylation is 1. The maximum atomic E-state index is 13.0. The summed E-state index contributed by atoms with van der Waals surface area (Å²) in [5.74, 6) is 0.237. The predicted octanol–water partition coefficient (Wildman–Crippen LogP) is 2.24. The largest absolute Gasteiger partial charge is 0.264 e. The molecule has 0 unspecified atom stereocenters. The maximum Gasteiger partial charge on any atom is 0.183 e. The fourth-order valence-electron chi connectivity index (χ4n) is 1.67. The lowest BCUT2D eigenvalue weighted by Gasteiger charge is -1.97. The zero-order valence-corrected chi connectivity index (χ0v) is 9.13. The number of hydrogen-bond acceptors (Lipinski definition) is 3. The molecule has 5 heteroatoms. The summed E-state index contributed by atoms with van der Waals surface area (Å²) >= 11 is 0. The molecule has 0 saturated heterocycles. The van der Waals surface area contributed by atoms with E-state index in [0.717, 1.165) is 11.1 Å². The van der Waals surface area contributed by atoms with Gasteiger partial charge in [0.05, 0.1) is 0 Å². The van der Waals surface area contributed by atoms with Crippen LogP contribution in [0.4, 0.5) is 4.39 Å². The van der Waals surface area contributed by atoms with E-state index in [-0.39, 0.29) is 5.82 Å². The summed E-state index contributed by atoms with van der Waals surface area (Å²) < 4.78 is 14.6. The molecule has 84 valence electrons. The van der Waals surface area contributed by atoms with Crippen LogP contribution in [-0.2, 0) is 0 Å². The minimum Gasteiger partial charge on any atom is -0.264 e. The van der Waals surface area contributed by atoms with Crippen LogP contribution >= 0.6 is 0 Å². The highest BCUT2D eigenvalue weighted by atomic mass is 19.1. The average molecular weight is 228 g/mol. The van der Waals surface area contributed by atoms with E-state index in [2.05, 4.69) is 15.1 Å². The second kappa shape index (κ2) is 3.62. The maximum absolute atomic E-state index is 13.0. The van der Waals surface area contributed by atoms with E-state index in [1.165, 1.54) is 12.1 Å². The molecule has 3 heterocycles. The third-order valence-electron chi connectivity index (χ3n) is 2.58. The number of halogens is 1. The molecule has 3 aromatic heterocycles. The number of nitrogens with zero attached hydrogens (tertiary/aromatic N) is 4. The van der Waals surface area contributed by atoms with Gasteiger partial charge in [0.1, 0.15) is 5.82 Å². The SMILES string of the molecule is Cc1ccncc1-c1nc2cc(F)ccn2n1. The summed E-state index contributed by atoms with van der Waals surface area (Å²) in [6.45, 7) is 1.96. The van der Waals surface area contributed by atoms with Gasteiger partial charge in [0.2, 0.25) is 0 Å². The van der Waals surface area contributed by atoms with Crippen LogP contribution in [0.5, 0.6) is 0 Å². The van der Waals surface area contributed by atoms with Crippen LogP contribution in [0.3, 0.4) is 0 Å². The summed E-state index contributed by atoms with van der Waals surface area (Å²) in [6.07, 6.45) is 4.97. The van der Waals surface area contributed by atoms with Gasteiger partial charge in [-0.3, -0.25) is 4.98 Å². The molecule has 0 N–H and O–H groups in total. The molecule has 4 nitrogen and oxygen atoms in total. The van der Waals surface area contributed by atoms with Crippen molar-refractivity contribution in [3.05, 3.63) is 48.2 Å². The first-order valence-electron chi connectivity index (χ1n) is 5.17. The quantitative estimate of drug-likeness (QED) is 0.641. The van der Waals surface area contributed by atoms with E-state index in [4.69, 9.17) is 0 Å². The Hall–Kier alpha value is -2.30. The van der Waals surface area contributed by atoms with Gasteiger partial charge in [-0.2, -0.15) is 0 Å². The van der Waals surface area contributed by atoms with E-state index in [1.54, 1.807) is 23.1 Å². The van der Waals surface area contributed by atoms with Gasteiger partial charge in [-0.15, -0.1) is 5.10 Å². The molecule has 3 rings (SSSR count). The molecule has 0 saturated carbocycles. The fraction of sp³-hybridized carbons (Fsp3) is 0.0833. The molecular formula is C12H9FN4. The van der Waals surface area contributed by atoms with Crippen LogP contribution in [0.15, 0.2) is 36.8 Å². The van der Waals surface area contributed by atoms with Crippen molar-refractivity contribution in [2.45, 2.75) is 6.92 Å². The van der Waals surface area contributed by atoms with E-state index >= 15 is 0 Å². The van der Waals surface area contributed by atoms with Gasteiger partial charge in [0.25, 0.3) is 0 Å². The molecule has 0 aliphatic rings. The van der Waals surface area contributed by atoms with E-state index in [1.807, 2.05) is 13.0 Å². The lowest BCUT2D eigenvalue weighted by atomic mass is 10.1. The fourth-order valence-corrected chi connectivity index (χ4v) is 1.67. The van der Waals surface area contributed by atoms with E-state index in [9.17, 15) is 4.39 Å². The third-order valence-corrected chi connectivity index (χ3v) is 2.58. The molecule has 0 bridgehead atoms. The summed E-state index contributed by atoms with van der Waals surface area (Å²) in [4.78, 5) is 8.32. The number of pyridine rings is 2. The second-order valence-electron chi connectivity index (χ2n) is 3.77. The number of hydrogen-bond donors (Lipinski definition) is 0. The molecule has 0 radical (unpaired) electrons. The highest BCUT2D eigenvalue weighted by Gasteiger charge is 2.09. The second-order valence-corrected chi connectivity index (χ2v) is 3.77. The van der Waals surface area contributed by atoms with Gasteiger partial charge in [0.15, 0.2) is 11.5 Å². The Morgan fingerprint density at radius 3 is 3.00 bits per heavy atom. The molecule has 0 aromatic carbocycles.